The fourth-order valence-electron chi connectivity index (χ4n) is 1.36. The Kier molecular flexibility index (Phi) is 2.25. The van der Waals surface area contributed by atoms with Gasteiger partial charge < -0.3 is 5.73 Å². The predicted molar refractivity (Wildman–Crippen MR) is 38.8 cm³/mol. The molecule has 0 unspecified atom stereocenters. The van der Waals surface area contributed by atoms with Crippen molar-refractivity contribution in [3.05, 3.63) is 0 Å². The number of hydrogen-bond donors (Lipinski definition) is 2. The lowest BCUT2D eigenvalue weighted by molar-refractivity contribution is 0.232. The van der Waals surface area contributed by atoms with Gasteiger partial charge in [0.15, 0.2) is 0 Å². The van der Waals surface area contributed by atoms with Crippen molar-refractivity contribution in [1.29, 1.82) is 5.41 Å². The number of alkyl halides is 1. The first-order chi connectivity index (χ1) is 4.70. The molecule has 3 N–H and O–H groups in total. The molecule has 0 saturated heterocycles. The maximum absolute atomic E-state index is 12.5. The summed E-state index contributed by atoms with van der Waals surface area (Å²) in [7, 11) is 0. The highest BCUT2D eigenvalue weighted by Crippen LogP contribution is 2.25. The van der Waals surface area contributed by atoms with Crippen molar-refractivity contribution < 1.29 is 4.39 Å². The van der Waals surface area contributed by atoms with Gasteiger partial charge in [-0.15, -0.1) is 0 Å². The van der Waals surface area contributed by atoms with Crippen LogP contribution in [0.5, 0.6) is 0 Å². The molecular weight excluding hydrogens is 131 g/mol. The first kappa shape index (κ1) is 7.51. The molecule has 0 atom stereocenters. The highest BCUT2D eigenvalue weighted by Gasteiger charge is 2.21. The van der Waals surface area contributed by atoms with Crippen LogP contribution in [-0.4, -0.2) is 12.0 Å². The quantitative estimate of drug-likeness (QED) is 0.424. The van der Waals surface area contributed by atoms with Crippen LogP contribution in [0.4, 0.5) is 4.39 Å². The normalized spacial score (nSPS) is 33.7. The third kappa shape index (κ3) is 1.69. The van der Waals surface area contributed by atoms with Gasteiger partial charge in [0.05, 0.1) is 5.84 Å². The Labute approximate surface area is 60.1 Å². The summed E-state index contributed by atoms with van der Waals surface area (Å²) in [6.45, 7) is 0. The van der Waals surface area contributed by atoms with Gasteiger partial charge in [0.1, 0.15) is 6.17 Å². The van der Waals surface area contributed by atoms with Gasteiger partial charge in [-0.25, -0.2) is 4.39 Å². The summed E-state index contributed by atoms with van der Waals surface area (Å²) >= 11 is 0. The smallest absolute Gasteiger partial charge is 0.100 e. The first-order valence-electron chi connectivity index (χ1n) is 3.68. The van der Waals surface area contributed by atoms with E-state index in [1.165, 1.54) is 0 Å². The SMILES string of the molecule is N=C(N)C1CCC(F)CC1. The molecule has 0 radical (unpaired) electrons. The van der Waals surface area contributed by atoms with Crippen LogP contribution < -0.4 is 5.73 Å². The fourth-order valence-corrected chi connectivity index (χ4v) is 1.36. The van der Waals surface area contributed by atoms with E-state index in [2.05, 4.69) is 0 Å². The summed E-state index contributed by atoms with van der Waals surface area (Å²) in [6, 6.07) is 0. The van der Waals surface area contributed by atoms with Crippen molar-refractivity contribution in [3.8, 4) is 0 Å². The predicted octanol–water partition coefficient (Wildman–Crippen LogP) is 1.45. The minimum atomic E-state index is -0.643. The molecule has 1 aliphatic rings. The Morgan fingerprint density at radius 3 is 2.20 bits per heavy atom. The van der Waals surface area contributed by atoms with E-state index in [4.69, 9.17) is 11.1 Å². The van der Waals surface area contributed by atoms with Crippen molar-refractivity contribution >= 4 is 5.84 Å². The maximum atomic E-state index is 12.5. The largest absolute Gasteiger partial charge is 0.387 e. The standard InChI is InChI=1S/C7H13FN2/c8-6-3-1-5(2-4-6)7(9)10/h5-6H,1-4H2,(H3,9,10). The Hall–Kier alpha value is -0.600. The molecule has 3 heteroatoms. The highest BCUT2D eigenvalue weighted by atomic mass is 19.1. The molecule has 1 rings (SSSR count). The van der Waals surface area contributed by atoms with E-state index in [-0.39, 0.29) is 11.8 Å². The summed E-state index contributed by atoms with van der Waals surface area (Å²) in [4.78, 5) is 0. The number of hydrogen-bond acceptors (Lipinski definition) is 1. The summed E-state index contributed by atoms with van der Waals surface area (Å²) < 4.78 is 12.5. The molecule has 0 bridgehead atoms. The Bertz CT molecular complexity index is 128. The van der Waals surface area contributed by atoms with Gasteiger partial charge in [-0.05, 0) is 25.7 Å². The summed E-state index contributed by atoms with van der Waals surface area (Å²) in [5, 5.41) is 7.11. The van der Waals surface area contributed by atoms with Crippen LogP contribution in [0.3, 0.4) is 0 Å². The van der Waals surface area contributed by atoms with Crippen LogP contribution >= 0.6 is 0 Å². The minimum absolute atomic E-state index is 0.159. The number of nitrogens with one attached hydrogen (secondary N) is 1. The zero-order valence-electron chi connectivity index (χ0n) is 5.94. The van der Waals surface area contributed by atoms with Gasteiger partial charge in [0.25, 0.3) is 0 Å². The summed E-state index contributed by atoms with van der Waals surface area (Å²) in [5.41, 5.74) is 5.27. The molecule has 10 heavy (non-hydrogen) atoms. The van der Waals surface area contributed by atoms with Crippen LogP contribution in [-0.2, 0) is 0 Å². The van der Waals surface area contributed by atoms with Gasteiger partial charge in [-0.1, -0.05) is 0 Å². The molecule has 1 saturated carbocycles. The van der Waals surface area contributed by atoms with Crippen molar-refractivity contribution in [3.63, 3.8) is 0 Å². The zero-order valence-corrected chi connectivity index (χ0v) is 5.94. The second-order valence-corrected chi connectivity index (χ2v) is 2.90. The molecule has 58 valence electrons. The number of halogens is 1. The molecule has 2 nitrogen and oxygen atoms in total. The molecule has 0 aliphatic heterocycles. The number of amidine groups is 1. The number of rotatable bonds is 1. The molecule has 1 aliphatic carbocycles. The lowest BCUT2D eigenvalue weighted by atomic mass is 9.87. The zero-order chi connectivity index (χ0) is 7.56. The van der Waals surface area contributed by atoms with Crippen LogP contribution in [0.15, 0.2) is 0 Å². The molecule has 0 aromatic carbocycles. The van der Waals surface area contributed by atoms with Gasteiger partial charge in [-0.2, -0.15) is 0 Å². The Morgan fingerprint density at radius 2 is 1.80 bits per heavy atom. The second kappa shape index (κ2) is 2.99. The van der Waals surface area contributed by atoms with Crippen molar-refractivity contribution in [2.75, 3.05) is 0 Å². The monoisotopic (exact) mass is 144 g/mol. The van der Waals surface area contributed by atoms with Gasteiger partial charge in [-0.3, -0.25) is 5.41 Å². The lowest BCUT2D eigenvalue weighted by Crippen LogP contribution is -2.27. The third-order valence-corrected chi connectivity index (χ3v) is 2.10. The Balaban J connectivity index is 2.33. The molecular formula is C7H13FN2. The van der Waals surface area contributed by atoms with E-state index in [1.54, 1.807) is 0 Å². The van der Waals surface area contributed by atoms with Crippen LogP contribution in [0, 0.1) is 11.3 Å². The summed E-state index contributed by atoms with van der Waals surface area (Å²) in [6.07, 6.45) is 2.05. The van der Waals surface area contributed by atoms with Crippen molar-refractivity contribution in [2.24, 2.45) is 11.7 Å². The molecule has 1 fully saturated rings. The van der Waals surface area contributed by atoms with E-state index in [0.717, 1.165) is 12.8 Å². The average molecular weight is 144 g/mol. The molecule has 0 aromatic heterocycles. The van der Waals surface area contributed by atoms with Gasteiger partial charge in [0, 0.05) is 5.92 Å². The van der Waals surface area contributed by atoms with E-state index in [0.29, 0.717) is 12.8 Å². The number of nitrogens with two attached hydrogens (primary N) is 1. The average Bonchev–Trinajstić information content (AvgIpc) is 1.88. The molecule has 0 amide bonds. The van der Waals surface area contributed by atoms with Crippen LogP contribution in [0.2, 0.25) is 0 Å². The van der Waals surface area contributed by atoms with E-state index >= 15 is 0 Å². The van der Waals surface area contributed by atoms with Crippen LogP contribution in [0.1, 0.15) is 25.7 Å². The van der Waals surface area contributed by atoms with Crippen molar-refractivity contribution in [2.45, 2.75) is 31.9 Å². The Morgan fingerprint density at radius 1 is 1.30 bits per heavy atom. The highest BCUT2D eigenvalue weighted by molar-refractivity contribution is 5.79. The third-order valence-electron chi connectivity index (χ3n) is 2.10. The lowest BCUT2D eigenvalue weighted by Gasteiger charge is -2.22. The fraction of sp³-hybridized carbons (Fsp3) is 0.857. The minimum Gasteiger partial charge on any atom is -0.387 e. The van der Waals surface area contributed by atoms with Crippen LogP contribution in [0.25, 0.3) is 0 Å². The van der Waals surface area contributed by atoms with E-state index < -0.39 is 6.17 Å². The van der Waals surface area contributed by atoms with Gasteiger partial charge in [0.2, 0.25) is 0 Å². The first-order valence-corrected chi connectivity index (χ1v) is 3.68. The van der Waals surface area contributed by atoms with Crippen molar-refractivity contribution in [1.82, 2.24) is 0 Å². The molecule has 0 aromatic rings. The van der Waals surface area contributed by atoms with Gasteiger partial charge >= 0.3 is 0 Å². The van der Waals surface area contributed by atoms with E-state index in [9.17, 15) is 4.39 Å². The maximum Gasteiger partial charge on any atom is 0.100 e. The second-order valence-electron chi connectivity index (χ2n) is 2.90. The molecule has 0 heterocycles. The summed E-state index contributed by atoms with van der Waals surface area (Å²) in [5.74, 6) is 0.388. The van der Waals surface area contributed by atoms with E-state index in [1.807, 2.05) is 0 Å². The molecule has 0 spiro atoms. The topological polar surface area (TPSA) is 49.9 Å².